The maximum Gasteiger partial charge on any atom is 0.165 e. The van der Waals surface area contributed by atoms with Crippen molar-refractivity contribution in [2.75, 3.05) is 0 Å². The number of Topliss-reactive ketones (excluding diaryl/α,β-unsaturated/α-hetero) is 1. The SMILES string of the molecule is O=C(c1ccc(SC2CCCC2)cc1)C1CC1. The maximum atomic E-state index is 11.9. The van der Waals surface area contributed by atoms with E-state index in [1.54, 1.807) is 0 Å². The Labute approximate surface area is 107 Å². The van der Waals surface area contributed by atoms with Gasteiger partial charge in [0.15, 0.2) is 5.78 Å². The van der Waals surface area contributed by atoms with Crippen LogP contribution in [0.1, 0.15) is 48.9 Å². The van der Waals surface area contributed by atoms with Crippen LogP contribution in [0.3, 0.4) is 0 Å². The summed E-state index contributed by atoms with van der Waals surface area (Å²) in [6.07, 6.45) is 7.67. The second-order valence-electron chi connectivity index (χ2n) is 5.19. The van der Waals surface area contributed by atoms with Crippen molar-refractivity contribution < 1.29 is 4.79 Å². The van der Waals surface area contributed by atoms with Crippen LogP contribution in [0.15, 0.2) is 29.2 Å². The van der Waals surface area contributed by atoms with Crippen molar-refractivity contribution in [3.63, 3.8) is 0 Å². The fourth-order valence-corrected chi connectivity index (χ4v) is 3.72. The van der Waals surface area contributed by atoms with Crippen molar-refractivity contribution in [2.45, 2.75) is 48.7 Å². The second kappa shape index (κ2) is 4.85. The van der Waals surface area contributed by atoms with E-state index in [0.29, 0.717) is 11.7 Å². The van der Waals surface area contributed by atoms with Gasteiger partial charge in [0, 0.05) is 21.6 Å². The van der Waals surface area contributed by atoms with E-state index in [4.69, 9.17) is 0 Å². The van der Waals surface area contributed by atoms with Crippen LogP contribution in [-0.2, 0) is 0 Å². The summed E-state index contributed by atoms with van der Waals surface area (Å²) in [5.41, 5.74) is 0.906. The monoisotopic (exact) mass is 246 g/mol. The lowest BCUT2D eigenvalue weighted by Gasteiger charge is -2.08. The number of carbonyl (C=O) groups is 1. The van der Waals surface area contributed by atoms with E-state index in [2.05, 4.69) is 12.1 Å². The molecule has 2 aliphatic rings. The predicted octanol–water partition coefficient (Wildman–Crippen LogP) is 4.31. The van der Waals surface area contributed by atoms with Crippen LogP contribution in [0.25, 0.3) is 0 Å². The van der Waals surface area contributed by atoms with Crippen LogP contribution in [0.2, 0.25) is 0 Å². The van der Waals surface area contributed by atoms with E-state index >= 15 is 0 Å². The summed E-state index contributed by atoms with van der Waals surface area (Å²) in [5.74, 6) is 0.686. The first-order chi connectivity index (χ1) is 8.33. The minimum absolute atomic E-state index is 0.336. The molecular formula is C15H18OS. The molecule has 0 heterocycles. The highest BCUT2D eigenvalue weighted by Gasteiger charge is 2.30. The molecule has 90 valence electrons. The zero-order valence-electron chi connectivity index (χ0n) is 10.0. The molecule has 0 bridgehead atoms. The topological polar surface area (TPSA) is 17.1 Å². The number of thioether (sulfide) groups is 1. The van der Waals surface area contributed by atoms with Crippen molar-refractivity contribution in [3.8, 4) is 0 Å². The van der Waals surface area contributed by atoms with Crippen LogP contribution >= 0.6 is 11.8 Å². The Hall–Kier alpha value is -0.760. The molecule has 17 heavy (non-hydrogen) atoms. The molecule has 1 aromatic carbocycles. The van der Waals surface area contributed by atoms with E-state index in [1.165, 1.54) is 30.6 Å². The number of carbonyl (C=O) groups excluding carboxylic acids is 1. The number of benzene rings is 1. The van der Waals surface area contributed by atoms with E-state index in [-0.39, 0.29) is 0 Å². The smallest absolute Gasteiger partial charge is 0.165 e. The lowest BCUT2D eigenvalue weighted by atomic mass is 10.1. The largest absolute Gasteiger partial charge is 0.294 e. The highest BCUT2D eigenvalue weighted by molar-refractivity contribution is 8.00. The van der Waals surface area contributed by atoms with Crippen LogP contribution in [0, 0.1) is 5.92 Å². The summed E-state index contributed by atoms with van der Waals surface area (Å²) in [4.78, 5) is 13.2. The quantitative estimate of drug-likeness (QED) is 0.736. The molecule has 0 amide bonds. The van der Waals surface area contributed by atoms with Crippen molar-refractivity contribution in [2.24, 2.45) is 5.92 Å². The summed E-state index contributed by atoms with van der Waals surface area (Å²) < 4.78 is 0. The number of ketones is 1. The number of rotatable bonds is 4. The van der Waals surface area contributed by atoms with Gasteiger partial charge in [-0.05, 0) is 37.8 Å². The van der Waals surface area contributed by atoms with Crippen molar-refractivity contribution in [3.05, 3.63) is 29.8 Å². The first-order valence-corrected chi connectivity index (χ1v) is 7.52. The first kappa shape index (κ1) is 11.3. The first-order valence-electron chi connectivity index (χ1n) is 6.64. The summed E-state index contributed by atoms with van der Waals surface area (Å²) in [5, 5.41) is 0.806. The van der Waals surface area contributed by atoms with E-state index in [0.717, 1.165) is 23.7 Å². The van der Waals surface area contributed by atoms with Gasteiger partial charge in [-0.2, -0.15) is 0 Å². The van der Waals surface area contributed by atoms with Gasteiger partial charge in [0.05, 0.1) is 0 Å². The molecule has 2 saturated carbocycles. The molecule has 0 saturated heterocycles. The molecule has 0 spiro atoms. The van der Waals surface area contributed by atoms with Gasteiger partial charge >= 0.3 is 0 Å². The van der Waals surface area contributed by atoms with E-state index < -0.39 is 0 Å². The predicted molar refractivity (Wildman–Crippen MR) is 71.6 cm³/mol. The molecule has 0 N–H and O–H groups in total. The molecule has 0 radical (unpaired) electrons. The van der Waals surface area contributed by atoms with Gasteiger partial charge in [0.1, 0.15) is 0 Å². The summed E-state index contributed by atoms with van der Waals surface area (Å²) in [7, 11) is 0. The fraction of sp³-hybridized carbons (Fsp3) is 0.533. The van der Waals surface area contributed by atoms with E-state index in [1.807, 2.05) is 23.9 Å². The lowest BCUT2D eigenvalue weighted by Crippen LogP contribution is -2.00. The standard InChI is InChI=1S/C15H18OS/c16-15(11-5-6-11)12-7-9-14(10-8-12)17-13-3-1-2-4-13/h7-11,13H,1-6H2. The molecule has 1 nitrogen and oxygen atoms in total. The maximum absolute atomic E-state index is 11.9. The number of hydrogen-bond donors (Lipinski definition) is 0. The molecule has 0 aromatic heterocycles. The Morgan fingerprint density at radius 2 is 1.65 bits per heavy atom. The van der Waals surface area contributed by atoms with Crippen LogP contribution in [-0.4, -0.2) is 11.0 Å². The van der Waals surface area contributed by atoms with Gasteiger partial charge in [-0.1, -0.05) is 25.0 Å². The normalized spacial score (nSPS) is 20.7. The average molecular weight is 246 g/mol. The third-order valence-electron chi connectivity index (χ3n) is 3.69. The van der Waals surface area contributed by atoms with Gasteiger partial charge in [-0.3, -0.25) is 4.79 Å². The Bertz CT molecular complexity index is 399. The molecular weight excluding hydrogens is 228 g/mol. The number of hydrogen-bond acceptors (Lipinski definition) is 2. The highest BCUT2D eigenvalue weighted by Crippen LogP contribution is 2.36. The van der Waals surface area contributed by atoms with Gasteiger partial charge in [-0.15, -0.1) is 11.8 Å². The highest BCUT2D eigenvalue weighted by atomic mass is 32.2. The van der Waals surface area contributed by atoms with Gasteiger partial charge in [-0.25, -0.2) is 0 Å². The molecule has 2 heteroatoms. The van der Waals surface area contributed by atoms with Crippen molar-refractivity contribution in [1.82, 2.24) is 0 Å². The zero-order chi connectivity index (χ0) is 11.7. The van der Waals surface area contributed by atoms with Gasteiger partial charge in [0.2, 0.25) is 0 Å². The van der Waals surface area contributed by atoms with Gasteiger partial charge in [0.25, 0.3) is 0 Å². The molecule has 0 aliphatic heterocycles. The summed E-state index contributed by atoms with van der Waals surface area (Å²) >= 11 is 1.98. The van der Waals surface area contributed by atoms with Crippen LogP contribution in [0.4, 0.5) is 0 Å². The summed E-state index contributed by atoms with van der Waals surface area (Å²) in [6.45, 7) is 0. The van der Waals surface area contributed by atoms with Crippen LogP contribution in [0.5, 0.6) is 0 Å². The Morgan fingerprint density at radius 1 is 1.00 bits per heavy atom. The molecule has 2 aliphatic carbocycles. The zero-order valence-corrected chi connectivity index (χ0v) is 10.8. The molecule has 3 rings (SSSR count). The van der Waals surface area contributed by atoms with E-state index in [9.17, 15) is 4.79 Å². The Morgan fingerprint density at radius 3 is 2.24 bits per heavy atom. The Balaban J connectivity index is 1.64. The molecule has 0 unspecified atom stereocenters. The molecule has 0 atom stereocenters. The van der Waals surface area contributed by atoms with Gasteiger partial charge < -0.3 is 0 Å². The summed E-state index contributed by atoms with van der Waals surface area (Å²) in [6, 6.07) is 8.27. The van der Waals surface area contributed by atoms with Crippen molar-refractivity contribution in [1.29, 1.82) is 0 Å². The lowest BCUT2D eigenvalue weighted by molar-refractivity contribution is 0.0967. The minimum Gasteiger partial charge on any atom is -0.294 e. The second-order valence-corrected chi connectivity index (χ2v) is 6.56. The molecule has 1 aromatic rings. The minimum atomic E-state index is 0.336. The van der Waals surface area contributed by atoms with Crippen LogP contribution < -0.4 is 0 Å². The molecule has 2 fully saturated rings. The average Bonchev–Trinajstić information content (AvgIpc) is 3.09. The van der Waals surface area contributed by atoms with Crippen molar-refractivity contribution >= 4 is 17.5 Å². The third kappa shape index (κ3) is 2.74. The third-order valence-corrected chi connectivity index (χ3v) is 5.04. The fourth-order valence-electron chi connectivity index (χ4n) is 2.48. The Kier molecular flexibility index (Phi) is 3.24.